The second-order valence-electron chi connectivity index (χ2n) is 6.96. The van der Waals surface area contributed by atoms with Crippen molar-refractivity contribution >= 4 is 22.5 Å². The zero-order chi connectivity index (χ0) is 22.3. The number of fused-ring (bicyclic) bond motifs is 1. The molecule has 10 heteroatoms. The summed E-state index contributed by atoms with van der Waals surface area (Å²) in [5.74, 6) is -1.16. The number of alkyl halides is 3. The number of aromatic amines is 1. The number of aromatic nitrogens is 3. The van der Waals surface area contributed by atoms with E-state index >= 15 is 0 Å². The summed E-state index contributed by atoms with van der Waals surface area (Å²) in [5, 5.41) is 16.6. The van der Waals surface area contributed by atoms with Gasteiger partial charge in [0.15, 0.2) is 0 Å². The van der Waals surface area contributed by atoms with Gasteiger partial charge in [-0.05, 0) is 43.3 Å². The number of nitrogens with zero attached hydrogens (tertiary/aromatic N) is 2. The molecule has 6 nitrogen and oxygen atoms in total. The second kappa shape index (κ2) is 7.55. The molecule has 1 amide bonds. The molecule has 0 radical (unpaired) electrons. The van der Waals surface area contributed by atoms with Gasteiger partial charge in [-0.15, -0.1) is 0 Å². The van der Waals surface area contributed by atoms with E-state index in [0.29, 0.717) is 27.8 Å². The highest BCUT2D eigenvalue weighted by molar-refractivity contribution is 6.04. The molecule has 2 aromatic heterocycles. The molecular weight excluding hydrogens is 416 g/mol. The standard InChI is InChI=1S/C21H16F4N4O2/c1-11(30)20(31)28-19-9-26-18-7-17(22)15(6-16(18)19)12-8-27-29(10-12)14-4-2-13(3-5-14)21(23,24)25/h2-11,26,30H,1H3,(H,28,31)/t11-/m1/s1. The SMILES string of the molecule is C[C@@H](O)C(=O)Nc1c[nH]c2cc(F)c(-c3cnn(-c4ccc(C(F)(F)F)cc4)c3)cc12. The van der Waals surface area contributed by atoms with Gasteiger partial charge in [-0.1, -0.05) is 0 Å². The van der Waals surface area contributed by atoms with Crippen LogP contribution in [0.25, 0.3) is 27.7 Å². The van der Waals surface area contributed by atoms with Gasteiger partial charge < -0.3 is 15.4 Å². The van der Waals surface area contributed by atoms with Crippen LogP contribution in [0.3, 0.4) is 0 Å². The van der Waals surface area contributed by atoms with Crippen LogP contribution in [-0.4, -0.2) is 31.9 Å². The molecule has 4 rings (SSSR count). The molecule has 4 aromatic rings. The number of amides is 1. The Balaban J connectivity index is 1.68. The molecule has 0 saturated carbocycles. The second-order valence-corrected chi connectivity index (χ2v) is 6.96. The van der Waals surface area contributed by atoms with Crippen LogP contribution in [0, 0.1) is 5.82 Å². The third kappa shape index (κ3) is 4.02. The summed E-state index contributed by atoms with van der Waals surface area (Å²) in [6.07, 6.45) is -1.29. The summed E-state index contributed by atoms with van der Waals surface area (Å²) in [4.78, 5) is 14.6. The Hall–Kier alpha value is -3.66. The molecule has 31 heavy (non-hydrogen) atoms. The quantitative estimate of drug-likeness (QED) is 0.416. The van der Waals surface area contributed by atoms with Crippen LogP contribution in [0.1, 0.15) is 12.5 Å². The topological polar surface area (TPSA) is 82.9 Å². The van der Waals surface area contributed by atoms with Crippen LogP contribution >= 0.6 is 0 Å². The Labute approximate surface area is 173 Å². The highest BCUT2D eigenvalue weighted by Gasteiger charge is 2.30. The Kier molecular flexibility index (Phi) is 5.02. The van der Waals surface area contributed by atoms with Crippen molar-refractivity contribution in [2.45, 2.75) is 19.2 Å². The molecule has 0 fully saturated rings. The molecule has 2 heterocycles. The van der Waals surface area contributed by atoms with Crippen molar-refractivity contribution in [3.05, 3.63) is 66.4 Å². The van der Waals surface area contributed by atoms with Gasteiger partial charge in [0.25, 0.3) is 5.91 Å². The third-order valence-corrected chi connectivity index (χ3v) is 4.76. The summed E-state index contributed by atoms with van der Waals surface area (Å²) < 4.78 is 54.3. The molecule has 0 aliphatic rings. The Morgan fingerprint density at radius 1 is 1.23 bits per heavy atom. The number of halogens is 4. The number of anilines is 1. The Morgan fingerprint density at radius 2 is 1.94 bits per heavy atom. The van der Waals surface area contributed by atoms with Crippen LogP contribution in [-0.2, 0) is 11.0 Å². The van der Waals surface area contributed by atoms with Crippen LogP contribution in [0.5, 0.6) is 0 Å². The minimum Gasteiger partial charge on any atom is -0.384 e. The average molecular weight is 432 g/mol. The average Bonchev–Trinajstić information content (AvgIpc) is 3.34. The lowest BCUT2D eigenvalue weighted by molar-refractivity contribution is -0.137. The summed E-state index contributed by atoms with van der Waals surface area (Å²) in [5.41, 5.74) is 1.01. The molecule has 0 unspecified atom stereocenters. The Morgan fingerprint density at radius 3 is 2.58 bits per heavy atom. The zero-order valence-corrected chi connectivity index (χ0v) is 16.0. The van der Waals surface area contributed by atoms with E-state index < -0.39 is 29.6 Å². The molecule has 0 bridgehead atoms. The lowest BCUT2D eigenvalue weighted by Crippen LogP contribution is -2.24. The summed E-state index contributed by atoms with van der Waals surface area (Å²) >= 11 is 0. The minimum atomic E-state index is -4.44. The van der Waals surface area contributed by atoms with E-state index in [2.05, 4.69) is 15.4 Å². The van der Waals surface area contributed by atoms with Gasteiger partial charge in [-0.2, -0.15) is 18.3 Å². The molecule has 1 atom stereocenters. The predicted octanol–water partition coefficient (Wildman–Crippen LogP) is 4.50. The van der Waals surface area contributed by atoms with Gasteiger partial charge in [0.2, 0.25) is 0 Å². The lowest BCUT2D eigenvalue weighted by atomic mass is 10.1. The van der Waals surface area contributed by atoms with E-state index in [1.807, 2.05) is 0 Å². The number of rotatable bonds is 4. The fourth-order valence-electron chi connectivity index (χ4n) is 3.11. The maximum Gasteiger partial charge on any atom is 0.416 e. The van der Waals surface area contributed by atoms with Gasteiger partial charge in [0, 0.05) is 28.9 Å². The summed E-state index contributed by atoms with van der Waals surface area (Å²) in [6.45, 7) is 1.32. The van der Waals surface area contributed by atoms with Crippen molar-refractivity contribution in [1.82, 2.24) is 14.8 Å². The van der Waals surface area contributed by atoms with Gasteiger partial charge in [-0.3, -0.25) is 4.79 Å². The number of benzene rings is 2. The van der Waals surface area contributed by atoms with Crippen LogP contribution in [0.15, 0.2) is 55.0 Å². The first-order valence-corrected chi connectivity index (χ1v) is 9.16. The number of hydrogen-bond donors (Lipinski definition) is 3. The molecular formula is C21H16F4N4O2. The first-order valence-electron chi connectivity index (χ1n) is 9.16. The first-order chi connectivity index (χ1) is 14.6. The highest BCUT2D eigenvalue weighted by Crippen LogP contribution is 2.33. The van der Waals surface area contributed by atoms with E-state index in [9.17, 15) is 27.5 Å². The number of carbonyl (C=O) groups excluding carboxylic acids is 1. The normalized spacial score (nSPS) is 12.8. The van der Waals surface area contributed by atoms with Crippen molar-refractivity contribution in [2.75, 3.05) is 5.32 Å². The van der Waals surface area contributed by atoms with Crippen molar-refractivity contribution in [1.29, 1.82) is 0 Å². The van der Waals surface area contributed by atoms with E-state index in [0.717, 1.165) is 12.1 Å². The number of H-pyrrole nitrogens is 1. The van der Waals surface area contributed by atoms with Crippen LogP contribution < -0.4 is 5.32 Å². The first kappa shape index (κ1) is 20.6. The molecule has 0 aliphatic carbocycles. The molecule has 3 N–H and O–H groups in total. The number of carbonyl (C=O) groups is 1. The highest BCUT2D eigenvalue weighted by atomic mass is 19.4. The lowest BCUT2D eigenvalue weighted by Gasteiger charge is -2.08. The van der Waals surface area contributed by atoms with Crippen molar-refractivity contribution in [3.8, 4) is 16.8 Å². The number of aliphatic hydroxyl groups is 1. The maximum atomic E-state index is 14.7. The molecule has 160 valence electrons. The van der Waals surface area contributed by atoms with Crippen LogP contribution in [0.4, 0.5) is 23.2 Å². The van der Waals surface area contributed by atoms with E-state index in [1.165, 1.54) is 54.5 Å². The summed E-state index contributed by atoms with van der Waals surface area (Å²) in [6, 6.07) is 7.22. The number of hydrogen-bond acceptors (Lipinski definition) is 3. The fraction of sp³-hybridized carbons (Fsp3) is 0.143. The van der Waals surface area contributed by atoms with E-state index in [1.54, 1.807) is 0 Å². The van der Waals surface area contributed by atoms with Crippen LogP contribution in [0.2, 0.25) is 0 Å². The molecule has 0 spiro atoms. The summed E-state index contributed by atoms with van der Waals surface area (Å²) in [7, 11) is 0. The minimum absolute atomic E-state index is 0.192. The maximum absolute atomic E-state index is 14.7. The zero-order valence-electron chi connectivity index (χ0n) is 16.0. The number of aliphatic hydroxyl groups excluding tert-OH is 1. The monoisotopic (exact) mass is 432 g/mol. The van der Waals surface area contributed by atoms with Gasteiger partial charge in [0.05, 0.1) is 28.7 Å². The molecule has 0 saturated heterocycles. The van der Waals surface area contributed by atoms with Crippen molar-refractivity contribution < 1.29 is 27.5 Å². The molecule has 0 aliphatic heterocycles. The van der Waals surface area contributed by atoms with Crippen molar-refractivity contribution in [3.63, 3.8) is 0 Å². The largest absolute Gasteiger partial charge is 0.416 e. The molecule has 2 aromatic carbocycles. The van der Waals surface area contributed by atoms with Gasteiger partial charge in [-0.25, -0.2) is 9.07 Å². The smallest absolute Gasteiger partial charge is 0.384 e. The van der Waals surface area contributed by atoms with Crippen molar-refractivity contribution in [2.24, 2.45) is 0 Å². The number of nitrogens with one attached hydrogen (secondary N) is 2. The van der Waals surface area contributed by atoms with Gasteiger partial charge >= 0.3 is 6.18 Å². The van der Waals surface area contributed by atoms with E-state index in [-0.39, 0.29) is 5.56 Å². The van der Waals surface area contributed by atoms with E-state index in [4.69, 9.17) is 0 Å². The Bertz CT molecular complexity index is 1260. The van der Waals surface area contributed by atoms with Gasteiger partial charge in [0.1, 0.15) is 11.9 Å². The fourth-order valence-corrected chi connectivity index (χ4v) is 3.11. The third-order valence-electron chi connectivity index (χ3n) is 4.76. The predicted molar refractivity (Wildman–Crippen MR) is 106 cm³/mol.